The summed E-state index contributed by atoms with van der Waals surface area (Å²) in [4.78, 5) is 4.20. The summed E-state index contributed by atoms with van der Waals surface area (Å²) in [5, 5.41) is 3.29. The predicted octanol–water partition coefficient (Wildman–Crippen LogP) is 2.60. The zero-order valence-corrected chi connectivity index (χ0v) is 11.8. The van der Waals surface area contributed by atoms with Gasteiger partial charge in [0.25, 0.3) is 0 Å². The molecule has 0 aliphatic heterocycles. The Morgan fingerprint density at radius 3 is 2.30 bits per heavy atom. The molecule has 0 saturated carbocycles. The van der Waals surface area contributed by atoms with E-state index in [9.17, 15) is 4.39 Å². The number of hydrogen-bond donors (Lipinski definition) is 1. The molecule has 4 heteroatoms. The third-order valence-electron chi connectivity index (χ3n) is 3.29. The van der Waals surface area contributed by atoms with Gasteiger partial charge in [-0.15, -0.1) is 0 Å². The quantitative estimate of drug-likeness (QED) is 0.879. The molecular weight excluding hydrogens is 255 g/mol. The molecule has 0 amide bonds. The fraction of sp³-hybridized carbons (Fsp3) is 0.312. The van der Waals surface area contributed by atoms with E-state index in [2.05, 4.69) is 10.3 Å². The van der Waals surface area contributed by atoms with Crippen LogP contribution in [0.2, 0.25) is 0 Å². The van der Waals surface area contributed by atoms with E-state index in [1.165, 1.54) is 12.1 Å². The Labute approximate surface area is 118 Å². The van der Waals surface area contributed by atoms with Crippen molar-refractivity contribution in [1.29, 1.82) is 0 Å². The minimum Gasteiger partial charge on any atom is -0.481 e. The van der Waals surface area contributed by atoms with Gasteiger partial charge in [-0.25, -0.2) is 9.37 Å². The predicted molar refractivity (Wildman–Crippen MR) is 77.4 cm³/mol. The van der Waals surface area contributed by atoms with Crippen LogP contribution in [0.25, 0.3) is 0 Å². The molecule has 0 spiro atoms. The number of ether oxygens (including phenoxy) is 1. The zero-order valence-electron chi connectivity index (χ0n) is 11.8. The van der Waals surface area contributed by atoms with Crippen molar-refractivity contribution in [2.45, 2.75) is 18.9 Å². The van der Waals surface area contributed by atoms with Crippen LogP contribution in [0.4, 0.5) is 4.39 Å². The molecule has 1 N–H and O–H groups in total. The van der Waals surface area contributed by atoms with Crippen molar-refractivity contribution in [1.82, 2.24) is 10.3 Å². The molecule has 1 atom stereocenters. The lowest BCUT2D eigenvalue weighted by Gasteiger charge is -2.16. The molecule has 106 valence electrons. The van der Waals surface area contributed by atoms with E-state index in [1.54, 1.807) is 7.11 Å². The van der Waals surface area contributed by atoms with Gasteiger partial charge in [0, 0.05) is 18.3 Å². The second-order valence-electron chi connectivity index (χ2n) is 4.73. The largest absolute Gasteiger partial charge is 0.481 e. The molecule has 1 aromatic heterocycles. The second-order valence-corrected chi connectivity index (χ2v) is 4.73. The standard InChI is InChI=1S/C16H19FN2O/c1-18-15(9-12-3-6-14(17)7-4-12)10-13-5-8-16(20-2)19-11-13/h3-8,11,15,18H,9-10H2,1-2H3. The summed E-state index contributed by atoms with van der Waals surface area (Å²) in [5.41, 5.74) is 2.26. The number of aromatic nitrogens is 1. The molecule has 1 unspecified atom stereocenters. The number of methoxy groups -OCH3 is 1. The number of nitrogens with zero attached hydrogens (tertiary/aromatic N) is 1. The zero-order chi connectivity index (χ0) is 14.4. The first-order chi connectivity index (χ1) is 9.71. The number of nitrogens with one attached hydrogen (secondary N) is 1. The van der Waals surface area contributed by atoms with Crippen molar-refractivity contribution < 1.29 is 9.13 Å². The van der Waals surface area contributed by atoms with Crippen molar-refractivity contribution >= 4 is 0 Å². The molecule has 2 aromatic rings. The molecule has 0 radical (unpaired) electrons. The molecule has 3 nitrogen and oxygen atoms in total. The fourth-order valence-electron chi connectivity index (χ4n) is 2.12. The summed E-state index contributed by atoms with van der Waals surface area (Å²) >= 11 is 0. The van der Waals surface area contributed by atoms with Gasteiger partial charge in [0.05, 0.1) is 7.11 Å². The van der Waals surface area contributed by atoms with Crippen LogP contribution >= 0.6 is 0 Å². The van der Waals surface area contributed by atoms with E-state index in [0.717, 1.165) is 24.0 Å². The smallest absolute Gasteiger partial charge is 0.212 e. The molecule has 1 aromatic carbocycles. The fourth-order valence-corrected chi connectivity index (χ4v) is 2.12. The summed E-state index contributed by atoms with van der Waals surface area (Å²) in [5.74, 6) is 0.419. The maximum atomic E-state index is 12.9. The highest BCUT2D eigenvalue weighted by Gasteiger charge is 2.09. The molecule has 0 aliphatic rings. The van der Waals surface area contributed by atoms with Gasteiger partial charge in [-0.05, 0) is 43.1 Å². The third-order valence-corrected chi connectivity index (χ3v) is 3.29. The van der Waals surface area contributed by atoms with E-state index in [-0.39, 0.29) is 11.9 Å². The summed E-state index contributed by atoms with van der Waals surface area (Å²) < 4.78 is 17.9. The number of pyridine rings is 1. The maximum Gasteiger partial charge on any atom is 0.212 e. The Kier molecular flexibility index (Phi) is 5.07. The van der Waals surface area contributed by atoms with Crippen LogP contribution in [0.5, 0.6) is 5.88 Å². The Bertz CT molecular complexity index is 525. The van der Waals surface area contributed by atoms with Crippen LogP contribution in [0.3, 0.4) is 0 Å². The van der Waals surface area contributed by atoms with Crippen molar-refractivity contribution in [3.63, 3.8) is 0 Å². The van der Waals surface area contributed by atoms with Crippen molar-refractivity contribution in [3.8, 4) is 5.88 Å². The minimum atomic E-state index is -0.200. The molecule has 0 bridgehead atoms. The molecule has 1 heterocycles. The van der Waals surface area contributed by atoms with E-state index in [4.69, 9.17) is 4.74 Å². The lowest BCUT2D eigenvalue weighted by atomic mass is 10.00. The molecule has 0 fully saturated rings. The number of halogens is 1. The first kappa shape index (κ1) is 14.5. The topological polar surface area (TPSA) is 34.1 Å². The minimum absolute atomic E-state index is 0.200. The Balaban J connectivity index is 1.99. The monoisotopic (exact) mass is 274 g/mol. The highest BCUT2D eigenvalue weighted by atomic mass is 19.1. The highest BCUT2D eigenvalue weighted by Crippen LogP contribution is 2.12. The average Bonchev–Trinajstić information content (AvgIpc) is 2.49. The van der Waals surface area contributed by atoms with Crippen LogP contribution in [0.1, 0.15) is 11.1 Å². The number of likely N-dealkylation sites (N-methyl/N-ethyl adjacent to an activating group) is 1. The maximum absolute atomic E-state index is 12.9. The lowest BCUT2D eigenvalue weighted by Crippen LogP contribution is -2.29. The van der Waals surface area contributed by atoms with E-state index in [1.807, 2.05) is 37.5 Å². The summed E-state index contributed by atoms with van der Waals surface area (Å²) in [7, 11) is 3.54. The summed E-state index contributed by atoms with van der Waals surface area (Å²) in [6.45, 7) is 0. The van der Waals surface area contributed by atoms with Crippen LogP contribution in [0, 0.1) is 5.82 Å². The van der Waals surface area contributed by atoms with Gasteiger partial charge in [0.15, 0.2) is 0 Å². The molecule has 0 saturated heterocycles. The molecule has 0 aliphatic carbocycles. The Morgan fingerprint density at radius 2 is 1.75 bits per heavy atom. The first-order valence-corrected chi connectivity index (χ1v) is 6.62. The van der Waals surface area contributed by atoms with E-state index in [0.29, 0.717) is 5.88 Å². The molecular formula is C16H19FN2O. The average molecular weight is 274 g/mol. The highest BCUT2D eigenvalue weighted by molar-refractivity contribution is 5.21. The van der Waals surface area contributed by atoms with Gasteiger partial charge < -0.3 is 10.1 Å². The van der Waals surface area contributed by atoms with E-state index >= 15 is 0 Å². The van der Waals surface area contributed by atoms with Crippen LogP contribution in [-0.2, 0) is 12.8 Å². The third kappa shape index (κ3) is 4.03. The van der Waals surface area contributed by atoms with E-state index < -0.39 is 0 Å². The van der Waals surface area contributed by atoms with Gasteiger partial charge in [-0.3, -0.25) is 0 Å². The van der Waals surface area contributed by atoms with Gasteiger partial charge in [-0.1, -0.05) is 18.2 Å². The lowest BCUT2D eigenvalue weighted by molar-refractivity contribution is 0.397. The van der Waals surface area contributed by atoms with Crippen molar-refractivity contribution in [2.75, 3.05) is 14.2 Å². The second kappa shape index (κ2) is 7.01. The van der Waals surface area contributed by atoms with Crippen LogP contribution in [0.15, 0.2) is 42.6 Å². The van der Waals surface area contributed by atoms with Crippen molar-refractivity contribution in [2.24, 2.45) is 0 Å². The van der Waals surface area contributed by atoms with Gasteiger partial charge in [0.2, 0.25) is 5.88 Å². The Hall–Kier alpha value is -1.94. The first-order valence-electron chi connectivity index (χ1n) is 6.62. The Morgan fingerprint density at radius 1 is 1.10 bits per heavy atom. The number of hydrogen-bond acceptors (Lipinski definition) is 3. The normalized spacial score (nSPS) is 12.2. The van der Waals surface area contributed by atoms with Gasteiger partial charge in [0.1, 0.15) is 5.82 Å². The van der Waals surface area contributed by atoms with Crippen LogP contribution < -0.4 is 10.1 Å². The van der Waals surface area contributed by atoms with Crippen LogP contribution in [-0.4, -0.2) is 25.2 Å². The molecule has 2 rings (SSSR count). The number of benzene rings is 1. The van der Waals surface area contributed by atoms with Gasteiger partial charge in [-0.2, -0.15) is 0 Å². The van der Waals surface area contributed by atoms with Gasteiger partial charge >= 0.3 is 0 Å². The number of rotatable bonds is 6. The van der Waals surface area contributed by atoms with Crippen molar-refractivity contribution in [3.05, 3.63) is 59.5 Å². The molecule has 20 heavy (non-hydrogen) atoms. The summed E-state index contributed by atoms with van der Waals surface area (Å²) in [6.07, 6.45) is 3.54. The summed E-state index contributed by atoms with van der Waals surface area (Å²) in [6, 6.07) is 10.8. The SMILES string of the molecule is CNC(Cc1ccc(F)cc1)Cc1ccc(OC)nc1.